The number of fused-ring (bicyclic) bond motifs is 1. The number of carbonyl (C=O) groups is 2. The van der Waals surface area contributed by atoms with E-state index in [-0.39, 0.29) is 11.8 Å². The number of hydrogen-bond donors (Lipinski definition) is 2. The number of hydrogen-bond acceptors (Lipinski definition) is 4. The fourth-order valence-electron chi connectivity index (χ4n) is 2.73. The van der Waals surface area contributed by atoms with Crippen LogP contribution >= 0.6 is 0 Å². The Morgan fingerprint density at radius 3 is 2.48 bits per heavy atom. The van der Waals surface area contributed by atoms with Crippen molar-refractivity contribution >= 4 is 23.2 Å². The highest BCUT2D eigenvalue weighted by Crippen LogP contribution is 2.29. The smallest absolute Gasteiger partial charge is 0.265 e. The molecule has 0 spiro atoms. The standard InChI is InChI=1S/C17H18N4O2/c1-20-10-12-9-14(7-8-15(12)17(20)23)21(2)13-5-3-11(4-6-13)16(22)19-18/h3-9H,10,18H2,1-2H3,(H,19,22). The van der Waals surface area contributed by atoms with Crippen LogP contribution in [0.25, 0.3) is 0 Å². The fourth-order valence-corrected chi connectivity index (χ4v) is 2.73. The van der Waals surface area contributed by atoms with Crippen molar-refractivity contribution in [2.45, 2.75) is 6.54 Å². The molecule has 0 saturated heterocycles. The molecular weight excluding hydrogens is 292 g/mol. The number of hydrazine groups is 1. The topological polar surface area (TPSA) is 78.7 Å². The first-order chi connectivity index (χ1) is 11.0. The van der Waals surface area contributed by atoms with Crippen molar-refractivity contribution in [1.29, 1.82) is 0 Å². The minimum absolute atomic E-state index is 0.0614. The molecule has 2 aromatic rings. The quantitative estimate of drug-likeness (QED) is 0.513. The lowest BCUT2D eigenvalue weighted by Crippen LogP contribution is -2.29. The number of amides is 2. The Kier molecular flexibility index (Phi) is 3.75. The molecule has 3 rings (SSSR count). The molecule has 0 aromatic heterocycles. The largest absolute Gasteiger partial charge is 0.345 e. The highest BCUT2D eigenvalue weighted by molar-refractivity contribution is 5.98. The van der Waals surface area contributed by atoms with Gasteiger partial charge in [-0.05, 0) is 48.0 Å². The van der Waals surface area contributed by atoms with Crippen LogP contribution in [0.4, 0.5) is 11.4 Å². The molecule has 3 N–H and O–H groups in total. The summed E-state index contributed by atoms with van der Waals surface area (Å²) in [6.07, 6.45) is 0. The van der Waals surface area contributed by atoms with Gasteiger partial charge in [0.2, 0.25) is 0 Å². The Labute approximate surface area is 134 Å². The van der Waals surface area contributed by atoms with E-state index in [1.54, 1.807) is 24.1 Å². The van der Waals surface area contributed by atoms with Crippen molar-refractivity contribution in [2.24, 2.45) is 5.84 Å². The molecule has 0 fully saturated rings. The van der Waals surface area contributed by atoms with Crippen LogP contribution in [0, 0.1) is 0 Å². The molecule has 2 aromatic carbocycles. The van der Waals surface area contributed by atoms with Gasteiger partial charge in [-0.1, -0.05) is 0 Å². The molecule has 0 aliphatic carbocycles. The molecular formula is C17H18N4O2. The monoisotopic (exact) mass is 310 g/mol. The predicted octanol–water partition coefficient (Wildman–Crippen LogP) is 1.64. The summed E-state index contributed by atoms with van der Waals surface area (Å²) in [6.45, 7) is 0.630. The zero-order valence-electron chi connectivity index (χ0n) is 13.0. The van der Waals surface area contributed by atoms with Crippen LogP contribution < -0.4 is 16.2 Å². The lowest BCUT2D eigenvalue weighted by atomic mass is 10.1. The number of nitrogens with zero attached hydrogens (tertiary/aromatic N) is 2. The van der Waals surface area contributed by atoms with E-state index in [0.29, 0.717) is 12.1 Å². The Morgan fingerprint density at radius 2 is 1.83 bits per heavy atom. The van der Waals surface area contributed by atoms with Crippen molar-refractivity contribution in [2.75, 3.05) is 19.0 Å². The zero-order chi connectivity index (χ0) is 16.6. The molecule has 1 aliphatic heterocycles. The second-order valence-electron chi connectivity index (χ2n) is 5.58. The number of nitrogen functional groups attached to an aromatic ring is 1. The second-order valence-corrected chi connectivity index (χ2v) is 5.58. The van der Waals surface area contributed by atoms with Crippen LogP contribution in [-0.2, 0) is 6.54 Å². The molecule has 23 heavy (non-hydrogen) atoms. The highest BCUT2D eigenvalue weighted by atomic mass is 16.2. The third kappa shape index (κ3) is 2.64. The van der Waals surface area contributed by atoms with Crippen molar-refractivity contribution in [3.8, 4) is 0 Å². The summed E-state index contributed by atoms with van der Waals surface area (Å²) in [5.41, 5.74) is 6.34. The van der Waals surface area contributed by atoms with E-state index in [1.165, 1.54) is 0 Å². The number of anilines is 2. The van der Waals surface area contributed by atoms with Crippen LogP contribution in [0.5, 0.6) is 0 Å². The van der Waals surface area contributed by atoms with E-state index in [4.69, 9.17) is 5.84 Å². The first-order valence-corrected chi connectivity index (χ1v) is 7.24. The SMILES string of the molecule is CN1Cc2cc(N(C)c3ccc(C(=O)NN)cc3)ccc2C1=O. The maximum absolute atomic E-state index is 11.9. The molecule has 6 nitrogen and oxygen atoms in total. The van der Waals surface area contributed by atoms with Gasteiger partial charge in [-0.3, -0.25) is 15.0 Å². The van der Waals surface area contributed by atoms with Crippen LogP contribution in [0.3, 0.4) is 0 Å². The number of carbonyl (C=O) groups excluding carboxylic acids is 2. The molecule has 0 saturated carbocycles. The Hall–Kier alpha value is -2.86. The van der Waals surface area contributed by atoms with Crippen LogP contribution in [0.1, 0.15) is 26.3 Å². The van der Waals surface area contributed by atoms with Crippen molar-refractivity contribution < 1.29 is 9.59 Å². The predicted molar refractivity (Wildman–Crippen MR) is 88.4 cm³/mol. The van der Waals surface area contributed by atoms with Gasteiger partial charge in [-0.15, -0.1) is 0 Å². The third-order valence-corrected chi connectivity index (χ3v) is 4.11. The maximum atomic E-state index is 11.9. The fraction of sp³-hybridized carbons (Fsp3) is 0.176. The summed E-state index contributed by atoms with van der Waals surface area (Å²) < 4.78 is 0. The summed E-state index contributed by atoms with van der Waals surface area (Å²) in [4.78, 5) is 27.1. The van der Waals surface area contributed by atoms with E-state index in [9.17, 15) is 9.59 Å². The normalized spacial score (nSPS) is 13.0. The van der Waals surface area contributed by atoms with Gasteiger partial charge in [0.15, 0.2) is 0 Å². The highest BCUT2D eigenvalue weighted by Gasteiger charge is 2.24. The molecule has 0 atom stereocenters. The molecule has 0 bridgehead atoms. The molecule has 0 unspecified atom stereocenters. The summed E-state index contributed by atoms with van der Waals surface area (Å²) in [5, 5.41) is 0. The first kappa shape index (κ1) is 15.1. The van der Waals surface area contributed by atoms with Gasteiger partial charge < -0.3 is 9.80 Å². The Morgan fingerprint density at radius 1 is 1.17 bits per heavy atom. The third-order valence-electron chi connectivity index (χ3n) is 4.11. The van der Waals surface area contributed by atoms with Crippen LogP contribution in [0.15, 0.2) is 42.5 Å². The summed E-state index contributed by atoms with van der Waals surface area (Å²) in [5.74, 6) is 4.87. The molecule has 1 aliphatic rings. The molecule has 1 heterocycles. The number of rotatable bonds is 3. The van der Waals surface area contributed by atoms with Gasteiger partial charge in [-0.25, -0.2) is 5.84 Å². The summed E-state index contributed by atoms with van der Waals surface area (Å²) in [6, 6.07) is 13.0. The molecule has 0 radical (unpaired) electrons. The lowest BCUT2D eigenvalue weighted by Gasteiger charge is -2.20. The Bertz CT molecular complexity index is 771. The number of nitrogens with two attached hydrogens (primary N) is 1. The zero-order valence-corrected chi connectivity index (χ0v) is 13.0. The van der Waals surface area contributed by atoms with Gasteiger partial charge in [-0.2, -0.15) is 0 Å². The van der Waals surface area contributed by atoms with Gasteiger partial charge in [0.1, 0.15) is 0 Å². The van der Waals surface area contributed by atoms with E-state index < -0.39 is 0 Å². The molecule has 118 valence electrons. The molecule has 2 amide bonds. The number of nitrogens with one attached hydrogen (secondary N) is 1. The average Bonchev–Trinajstić information content (AvgIpc) is 2.87. The summed E-state index contributed by atoms with van der Waals surface area (Å²) in [7, 11) is 3.74. The maximum Gasteiger partial charge on any atom is 0.265 e. The van der Waals surface area contributed by atoms with E-state index >= 15 is 0 Å². The van der Waals surface area contributed by atoms with Crippen molar-refractivity contribution in [3.63, 3.8) is 0 Å². The van der Waals surface area contributed by atoms with Crippen molar-refractivity contribution in [3.05, 3.63) is 59.2 Å². The second kappa shape index (κ2) is 5.73. The van der Waals surface area contributed by atoms with Gasteiger partial charge in [0.05, 0.1) is 0 Å². The minimum atomic E-state index is -0.321. The molecule has 6 heteroatoms. The van der Waals surface area contributed by atoms with Crippen LogP contribution in [-0.4, -0.2) is 30.8 Å². The van der Waals surface area contributed by atoms with E-state index in [1.807, 2.05) is 42.3 Å². The minimum Gasteiger partial charge on any atom is -0.345 e. The van der Waals surface area contributed by atoms with Crippen molar-refractivity contribution in [1.82, 2.24) is 10.3 Å². The summed E-state index contributed by atoms with van der Waals surface area (Å²) >= 11 is 0. The average molecular weight is 310 g/mol. The lowest BCUT2D eigenvalue weighted by molar-refractivity contribution is 0.0816. The van der Waals surface area contributed by atoms with Gasteiger partial charge in [0, 0.05) is 43.1 Å². The van der Waals surface area contributed by atoms with E-state index in [0.717, 1.165) is 22.5 Å². The Balaban J connectivity index is 1.86. The number of benzene rings is 2. The van der Waals surface area contributed by atoms with E-state index in [2.05, 4.69) is 5.43 Å². The van der Waals surface area contributed by atoms with Crippen LogP contribution in [0.2, 0.25) is 0 Å². The van der Waals surface area contributed by atoms with Gasteiger partial charge in [0.25, 0.3) is 11.8 Å². The first-order valence-electron chi connectivity index (χ1n) is 7.24. The van der Waals surface area contributed by atoms with Gasteiger partial charge >= 0.3 is 0 Å².